The van der Waals surface area contributed by atoms with Crippen molar-refractivity contribution in [1.29, 1.82) is 0 Å². The van der Waals surface area contributed by atoms with Gasteiger partial charge in [-0.05, 0) is 12.1 Å². The molecule has 0 atom stereocenters. The minimum Gasteiger partial charge on any atom is -0.345 e. The highest BCUT2D eigenvalue weighted by atomic mass is 32.2. The van der Waals surface area contributed by atoms with E-state index in [1.54, 1.807) is 17.0 Å². The Morgan fingerprint density at radius 3 is 2.54 bits per heavy atom. The Morgan fingerprint density at radius 1 is 1.23 bits per heavy atom. The van der Waals surface area contributed by atoms with Crippen LogP contribution in [0.5, 0.6) is 0 Å². The number of nitrogens with zero attached hydrogens (tertiary/aromatic N) is 3. The van der Waals surface area contributed by atoms with E-state index in [2.05, 4.69) is 9.88 Å². The molecule has 0 spiro atoms. The van der Waals surface area contributed by atoms with E-state index in [0.29, 0.717) is 31.7 Å². The number of carbonyl (C=O) groups is 2. The molecule has 0 unspecified atom stereocenters. The van der Waals surface area contributed by atoms with E-state index in [1.807, 2.05) is 6.07 Å². The van der Waals surface area contributed by atoms with E-state index in [4.69, 9.17) is 0 Å². The monoisotopic (exact) mass is 413 g/mol. The number of thioether (sulfide) groups is 1. The van der Waals surface area contributed by atoms with Gasteiger partial charge in [0.25, 0.3) is 0 Å². The second-order valence-electron chi connectivity index (χ2n) is 6.02. The first-order chi connectivity index (χ1) is 12.3. The van der Waals surface area contributed by atoms with E-state index in [1.165, 1.54) is 24.5 Å². The number of aromatic nitrogens is 1. The molecule has 1 fully saturated rings. The highest BCUT2D eigenvalue weighted by Gasteiger charge is 2.24. The Morgan fingerprint density at radius 2 is 1.92 bits per heavy atom. The summed E-state index contributed by atoms with van der Waals surface area (Å²) in [4.78, 5) is 31.7. The molecule has 7 nitrogen and oxygen atoms in total. The van der Waals surface area contributed by atoms with Crippen molar-refractivity contribution in [1.82, 2.24) is 9.88 Å². The van der Waals surface area contributed by atoms with Crippen LogP contribution in [0.15, 0.2) is 23.1 Å². The number of hydrogen-bond acceptors (Lipinski definition) is 8. The SMILES string of the molecule is CC(=O)SCC(=O)N1CCN(c2nc3c(S(C)(=O)=O)cccc3s2)CC1. The molecule has 0 aliphatic carbocycles. The standard InChI is InChI=1S/C16H19N3O4S3/c1-11(20)24-10-14(21)18-6-8-19(9-7-18)16-17-15-12(25-16)4-3-5-13(15)26(2,22)23/h3-5H,6-10H2,1-2H3. The zero-order valence-electron chi connectivity index (χ0n) is 14.5. The summed E-state index contributed by atoms with van der Waals surface area (Å²) in [7, 11) is -3.34. The average Bonchev–Trinajstić information content (AvgIpc) is 3.02. The summed E-state index contributed by atoms with van der Waals surface area (Å²) in [5.41, 5.74) is 0.506. The van der Waals surface area contributed by atoms with Gasteiger partial charge in [-0.1, -0.05) is 29.2 Å². The molecule has 1 aromatic carbocycles. The molecule has 1 aliphatic heterocycles. The molecule has 10 heteroatoms. The van der Waals surface area contributed by atoms with Crippen LogP contribution >= 0.6 is 23.1 Å². The maximum atomic E-state index is 12.1. The number of thiazole rings is 1. The van der Waals surface area contributed by atoms with Gasteiger partial charge in [0.05, 0.1) is 15.3 Å². The van der Waals surface area contributed by atoms with Crippen LogP contribution in [-0.4, -0.2) is 67.5 Å². The predicted octanol–water partition coefficient (Wildman–Crippen LogP) is 1.63. The number of anilines is 1. The summed E-state index contributed by atoms with van der Waals surface area (Å²) in [6, 6.07) is 5.17. The fraction of sp³-hybridized carbons (Fsp3) is 0.438. The van der Waals surface area contributed by atoms with Crippen LogP contribution in [0, 0.1) is 0 Å². The Bertz CT molecular complexity index is 947. The summed E-state index contributed by atoms with van der Waals surface area (Å²) in [5, 5.41) is 0.703. The fourth-order valence-electron chi connectivity index (χ4n) is 2.75. The number of amides is 1. The molecular weight excluding hydrogens is 394 g/mol. The second kappa shape index (κ2) is 7.53. The number of carbonyl (C=O) groups excluding carboxylic acids is 2. The van der Waals surface area contributed by atoms with E-state index in [-0.39, 0.29) is 21.7 Å². The van der Waals surface area contributed by atoms with Crippen LogP contribution < -0.4 is 4.90 Å². The molecule has 1 saturated heterocycles. The molecule has 140 valence electrons. The number of rotatable bonds is 4. The third kappa shape index (κ3) is 4.18. The maximum Gasteiger partial charge on any atom is 0.233 e. The largest absolute Gasteiger partial charge is 0.345 e. The van der Waals surface area contributed by atoms with Crippen molar-refractivity contribution in [2.75, 3.05) is 43.1 Å². The predicted molar refractivity (Wildman–Crippen MR) is 105 cm³/mol. The molecule has 0 radical (unpaired) electrons. The number of para-hydroxylation sites is 1. The lowest BCUT2D eigenvalue weighted by atomic mass is 10.3. The van der Waals surface area contributed by atoms with Crippen molar-refractivity contribution < 1.29 is 18.0 Å². The number of sulfone groups is 1. The van der Waals surface area contributed by atoms with Crippen molar-refractivity contribution in [3.63, 3.8) is 0 Å². The van der Waals surface area contributed by atoms with E-state index in [0.717, 1.165) is 21.6 Å². The zero-order chi connectivity index (χ0) is 18.9. The second-order valence-corrected chi connectivity index (χ2v) is 10.2. The van der Waals surface area contributed by atoms with Crippen molar-refractivity contribution in [3.05, 3.63) is 18.2 Å². The van der Waals surface area contributed by atoms with Crippen molar-refractivity contribution in [2.45, 2.75) is 11.8 Å². The molecule has 3 rings (SSSR count). The molecule has 26 heavy (non-hydrogen) atoms. The number of piperazine rings is 1. The normalized spacial score (nSPS) is 15.5. The van der Waals surface area contributed by atoms with Crippen LogP contribution in [-0.2, 0) is 19.4 Å². The van der Waals surface area contributed by atoms with Crippen molar-refractivity contribution >= 4 is 59.3 Å². The molecule has 1 aliphatic rings. The maximum absolute atomic E-state index is 12.1. The lowest BCUT2D eigenvalue weighted by molar-refractivity contribution is -0.128. The van der Waals surface area contributed by atoms with Crippen LogP contribution in [0.2, 0.25) is 0 Å². The Labute approximate surface area is 160 Å². The highest BCUT2D eigenvalue weighted by molar-refractivity contribution is 8.14. The Hall–Kier alpha value is -1.65. The Kier molecular flexibility index (Phi) is 5.54. The summed E-state index contributed by atoms with van der Waals surface area (Å²) < 4.78 is 24.7. The van der Waals surface area contributed by atoms with Crippen molar-refractivity contribution in [2.24, 2.45) is 0 Å². The van der Waals surface area contributed by atoms with Crippen LogP contribution in [0.25, 0.3) is 10.2 Å². The van der Waals surface area contributed by atoms with Gasteiger partial charge in [0.1, 0.15) is 5.52 Å². The first kappa shape index (κ1) is 19.1. The third-order valence-electron chi connectivity index (χ3n) is 4.07. The minimum atomic E-state index is -3.34. The molecular formula is C16H19N3O4S3. The topological polar surface area (TPSA) is 87.7 Å². The van der Waals surface area contributed by atoms with Gasteiger partial charge in [-0.25, -0.2) is 13.4 Å². The lowest BCUT2D eigenvalue weighted by Crippen LogP contribution is -2.49. The summed E-state index contributed by atoms with van der Waals surface area (Å²) in [6.07, 6.45) is 1.18. The molecule has 0 saturated carbocycles. The molecule has 2 heterocycles. The molecule has 2 aromatic rings. The highest BCUT2D eigenvalue weighted by Crippen LogP contribution is 2.33. The zero-order valence-corrected chi connectivity index (χ0v) is 16.9. The molecule has 1 aromatic heterocycles. The lowest BCUT2D eigenvalue weighted by Gasteiger charge is -2.34. The van der Waals surface area contributed by atoms with Gasteiger partial charge in [0.2, 0.25) is 5.91 Å². The summed E-state index contributed by atoms with van der Waals surface area (Å²) in [5.74, 6) is 0.141. The molecule has 1 amide bonds. The van der Waals surface area contributed by atoms with Gasteiger partial charge in [-0.2, -0.15) is 0 Å². The van der Waals surface area contributed by atoms with Gasteiger partial charge in [0, 0.05) is 39.4 Å². The third-order valence-corrected chi connectivity index (χ3v) is 7.08. The van der Waals surface area contributed by atoms with Gasteiger partial charge >= 0.3 is 0 Å². The fourth-order valence-corrected chi connectivity index (χ4v) is 5.20. The van der Waals surface area contributed by atoms with E-state index in [9.17, 15) is 18.0 Å². The smallest absolute Gasteiger partial charge is 0.233 e. The summed E-state index contributed by atoms with van der Waals surface area (Å²) >= 11 is 2.48. The molecule has 0 bridgehead atoms. The number of benzene rings is 1. The summed E-state index contributed by atoms with van der Waals surface area (Å²) in [6.45, 7) is 3.83. The average molecular weight is 414 g/mol. The Balaban J connectivity index is 1.72. The number of hydrogen-bond donors (Lipinski definition) is 0. The number of fused-ring (bicyclic) bond motifs is 1. The minimum absolute atomic E-state index is 0.0338. The van der Waals surface area contributed by atoms with E-state index < -0.39 is 9.84 Å². The van der Waals surface area contributed by atoms with E-state index >= 15 is 0 Å². The molecule has 0 N–H and O–H groups in total. The first-order valence-corrected chi connectivity index (χ1v) is 11.7. The van der Waals surface area contributed by atoms with Gasteiger partial charge < -0.3 is 9.80 Å². The van der Waals surface area contributed by atoms with Crippen LogP contribution in [0.3, 0.4) is 0 Å². The quantitative estimate of drug-likeness (QED) is 0.753. The van der Waals surface area contributed by atoms with Gasteiger partial charge in [-0.15, -0.1) is 0 Å². The van der Waals surface area contributed by atoms with Crippen LogP contribution in [0.4, 0.5) is 5.13 Å². The first-order valence-electron chi connectivity index (χ1n) is 8.01. The van der Waals surface area contributed by atoms with Gasteiger partial charge in [0.15, 0.2) is 20.1 Å². The van der Waals surface area contributed by atoms with Gasteiger partial charge in [-0.3, -0.25) is 9.59 Å². The van der Waals surface area contributed by atoms with Crippen molar-refractivity contribution in [3.8, 4) is 0 Å². The van der Waals surface area contributed by atoms with Crippen LogP contribution in [0.1, 0.15) is 6.92 Å².